The van der Waals surface area contributed by atoms with Gasteiger partial charge >= 0.3 is 0 Å². The van der Waals surface area contributed by atoms with E-state index in [1.807, 2.05) is 12.4 Å². The highest BCUT2D eigenvalue weighted by Gasteiger charge is 2.20. The van der Waals surface area contributed by atoms with Gasteiger partial charge in [-0.05, 0) is 42.7 Å². The lowest BCUT2D eigenvalue weighted by Gasteiger charge is -2.35. The first-order valence-electron chi connectivity index (χ1n) is 8.70. The maximum atomic E-state index is 10.6. The van der Waals surface area contributed by atoms with E-state index in [9.17, 15) is 5.11 Å². The van der Waals surface area contributed by atoms with Gasteiger partial charge in [-0.1, -0.05) is 23.8 Å². The predicted octanol–water partition coefficient (Wildman–Crippen LogP) is 2.55. The van der Waals surface area contributed by atoms with Crippen molar-refractivity contribution in [1.82, 2.24) is 14.8 Å². The zero-order valence-corrected chi connectivity index (χ0v) is 14.7. The van der Waals surface area contributed by atoms with Crippen LogP contribution in [0.2, 0.25) is 0 Å². The van der Waals surface area contributed by atoms with Crippen LogP contribution < -0.4 is 0 Å². The zero-order chi connectivity index (χ0) is 16.9. The van der Waals surface area contributed by atoms with Gasteiger partial charge in [-0.3, -0.25) is 14.8 Å². The van der Waals surface area contributed by atoms with Crippen molar-refractivity contribution in [3.05, 3.63) is 65.0 Å². The van der Waals surface area contributed by atoms with Crippen LogP contribution in [0.25, 0.3) is 0 Å². The monoisotopic (exact) mass is 325 g/mol. The minimum atomic E-state index is -0.406. The Morgan fingerprint density at radius 3 is 2.38 bits per heavy atom. The van der Waals surface area contributed by atoms with E-state index in [0.717, 1.165) is 38.3 Å². The maximum Gasteiger partial charge on any atom is 0.0919 e. The Morgan fingerprint density at radius 1 is 1.00 bits per heavy atom. The molecular weight excluding hydrogens is 298 g/mol. The van der Waals surface area contributed by atoms with Crippen molar-refractivity contribution in [3.63, 3.8) is 0 Å². The fourth-order valence-electron chi connectivity index (χ4n) is 3.34. The molecule has 128 valence electrons. The van der Waals surface area contributed by atoms with Gasteiger partial charge in [0.1, 0.15) is 0 Å². The molecule has 0 spiro atoms. The first-order valence-corrected chi connectivity index (χ1v) is 8.70. The van der Waals surface area contributed by atoms with Crippen LogP contribution in [0.1, 0.15) is 28.4 Å². The summed E-state index contributed by atoms with van der Waals surface area (Å²) in [6, 6.07) is 10.5. The molecule has 1 saturated heterocycles. The van der Waals surface area contributed by atoms with E-state index in [1.165, 1.54) is 16.7 Å². The second kappa shape index (κ2) is 7.88. The van der Waals surface area contributed by atoms with Gasteiger partial charge in [-0.15, -0.1) is 0 Å². The number of hydrogen-bond donors (Lipinski definition) is 1. The normalized spacial score (nSPS) is 17.8. The van der Waals surface area contributed by atoms with E-state index in [1.54, 1.807) is 0 Å². The van der Waals surface area contributed by atoms with Crippen molar-refractivity contribution in [2.75, 3.05) is 32.7 Å². The van der Waals surface area contributed by atoms with Crippen LogP contribution in [0.5, 0.6) is 0 Å². The van der Waals surface area contributed by atoms with Gasteiger partial charge in [-0.2, -0.15) is 0 Å². The van der Waals surface area contributed by atoms with Gasteiger partial charge in [0.25, 0.3) is 0 Å². The van der Waals surface area contributed by atoms with Crippen molar-refractivity contribution in [2.24, 2.45) is 0 Å². The Morgan fingerprint density at radius 2 is 1.67 bits per heavy atom. The van der Waals surface area contributed by atoms with Crippen LogP contribution in [0.4, 0.5) is 0 Å². The molecule has 0 aliphatic carbocycles. The first kappa shape index (κ1) is 17.1. The summed E-state index contributed by atoms with van der Waals surface area (Å²) < 4.78 is 0. The Kier molecular flexibility index (Phi) is 5.61. The highest BCUT2D eigenvalue weighted by atomic mass is 16.3. The summed E-state index contributed by atoms with van der Waals surface area (Å²) in [5, 5.41) is 10.6. The largest absolute Gasteiger partial charge is 0.387 e. The average Bonchev–Trinajstić information content (AvgIpc) is 2.59. The van der Waals surface area contributed by atoms with E-state index >= 15 is 0 Å². The number of hydrogen-bond acceptors (Lipinski definition) is 4. The summed E-state index contributed by atoms with van der Waals surface area (Å²) in [6.07, 6.45) is 3.30. The van der Waals surface area contributed by atoms with Crippen LogP contribution in [0.15, 0.2) is 42.7 Å². The Balaban J connectivity index is 1.51. The molecule has 1 aliphatic rings. The van der Waals surface area contributed by atoms with E-state index in [0.29, 0.717) is 6.54 Å². The van der Waals surface area contributed by atoms with Crippen molar-refractivity contribution < 1.29 is 5.11 Å². The second-order valence-corrected chi connectivity index (χ2v) is 6.81. The summed E-state index contributed by atoms with van der Waals surface area (Å²) in [7, 11) is 0. The third-order valence-electron chi connectivity index (χ3n) is 4.85. The van der Waals surface area contributed by atoms with E-state index < -0.39 is 6.10 Å². The van der Waals surface area contributed by atoms with Crippen molar-refractivity contribution in [3.8, 4) is 0 Å². The number of aliphatic hydroxyl groups excluding tert-OH is 1. The molecule has 1 aromatic carbocycles. The molecule has 1 aromatic heterocycles. The lowest BCUT2D eigenvalue weighted by molar-refractivity contribution is 0.0698. The minimum absolute atomic E-state index is 0.406. The van der Waals surface area contributed by atoms with Crippen LogP contribution in [-0.2, 0) is 6.54 Å². The molecular formula is C20H27N3O. The molecule has 4 nitrogen and oxygen atoms in total. The molecule has 0 radical (unpaired) electrons. The number of aliphatic hydroxyl groups is 1. The standard InChI is InChI=1S/C20H27N3O/c1-16-3-4-17(2)19(13-16)20(24)15-23-11-9-22(10-12-23)14-18-5-7-21-8-6-18/h3-8,13,20,24H,9-12,14-15H2,1-2H3/t20-/m0/s1. The summed E-state index contributed by atoms with van der Waals surface area (Å²) >= 11 is 0. The highest BCUT2D eigenvalue weighted by Crippen LogP contribution is 2.21. The molecule has 24 heavy (non-hydrogen) atoms. The molecule has 0 bridgehead atoms. The first-order chi connectivity index (χ1) is 11.6. The van der Waals surface area contributed by atoms with Crippen molar-refractivity contribution >= 4 is 0 Å². The Bertz CT molecular complexity index is 651. The topological polar surface area (TPSA) is 39.6 Å². The van der Waals surface area contributed by atoms with Gasteiger partial charge in [0.15, 0.2) is 0 Å². The van der Waals surface area contributed by atoms with E-state index in [-0.39, 0.29) is 0 Å². The quantitative estimate of drug-likeness (QED) is 0.917. The molecule has 1 aliphatic heterocycles. The third kappa shape index (κ3) is 4.41. The number of aromatic nitrogens is 1. The van der Waals surface area contributed by atoms with Gasteiger partial charge in [0, 0.05) is 51.7 Å². The van der Waals surface area contributed by atoms with Gasteiger partial charge in [0.05, 0.1) is 6.10 Å². The van der Waals surface area contributed by atoms with Gasteiger partial charge in [0.2, 0.25) is 0 Å². The van der Waals surface area contributed by atoms with Crippen LogP contribution in [0, 0.1) is 13.8 Å². The van der Waals surface area contributed by atoms with Crippen LogP contribution in [-0.4, -0.2) is 52.6 Å². The molecule has 0 amide bonds. The van der Waals surface area contributed by atoms with Crippen LogP contribution >= 0.6 is 0 Å². The fourth-order valence-corrected chi connectivity index (χ4v) is 3.34. The molecule has 1 N–H and O–H groups in total. The number of nitrogens with zero attached hydrogens (tertiary/aromatic N) is 3. The summed E-state index contributed by atoms with van der Waals surface area (Å²) in [5.74, 6) is 0. The molecule has 4 heteroatoms. The SMILES string of the molecule is Cc1ccc(C)c([C@@H](O)CN2CCN(Cc3ccncc3)CC2)c1. The van der Waals surface area contributed by atoms with Crippen molar-refractivity contribution in [1.29, 1.82) is 0 Å². The number of aryl methyl sites for hydroxylation is 2. The lowest BCUT2D eigenvalue weighted by Crippen LogP contribution is -2.47. The summed E-state index contributed by atoms with van der Waals surface area (Å²) in [5.41, 5.74) is 4.75. The lowest BCUT2D eigenvalue weighted by atomic mass is 10.0. The molecule has 3 rings (SSSR count). The van der Waals surface area contributed by atoms with Gasteiger partial charge in [-0.25, -0.2) is 0 Å². The third-order valence-corrected chi connectivity index (χ3v) is 4.85. The summed E-state index contributed by atoms with van der Waals surface area (Å²) in [6.45, 7) is 9.95. The second-order valence-electron chi connectivity index (χ2n) is 6.81. The van der Waals surface area contributed by atoms with Crippen molar-refractivity contribution in [2.45, 2.75) is 26.5 Å². The molecule has 1 fully saturated rings. The van der Waals surface area contributed by atoms with E-state index in [2.05, 4.69) is 59.0 Å². The number of pyridine rings is 1. The Labute approximate surface area is 144 Å². The number of β-amino-alcohol motifs (C(OH)–C–C–N with tert-alkyl or cyclic N) is 1. The number of piperazine rings is 1. The molecule has 1 atom stereocenters. The highest BCUT2D eigenvalue weighted by molar-refractivity contribution is 5.32. The summed E-state index contributed by atoms with van der Waals surface area (Å²) in [4.78, 5) is 8.91. The average molecular weight is 325 g/mol. The number of rotatable bonds is 5. The molecule has 2 aromatic rings. The predicted molar refractivity (Wildman–Crippen MR) is 96.8 cm³/mol. The maximum absolute atomic E-state index is 10.6. The van der Waals surface area contributed by atoms with E-state index in [4.69, 9.17) is 0 Å². The zero-order valence-electron chi connectivity index (χ0n) is 14.7. The fraction of sp³-hybridized carbons (Fsp3) is 0.450. The molecule has 0 saturated carbocycles. The van der Waals surface area contributed by atoms with Crippen LogP contribution in [0.3, 0.4) is 0 Å². The van der Waals surface area contributed by atoms with Gasteiger partial charge < -0.3 is 5.11 Å². The smallest absolute Gasteiger partial charge is 0.0919 e. The molecule has 0 unspecified atom stereocenters. The Hall–Kier alpha value is -1.75. The minimum Gasteiger partial charge on any atom is -0.387 e. The number of benzene rings is 1. The molecule has 2 heterocycles.